The molecule has 0 amide bonds. The molecule has 0 heterocycles. The van der Waals surface area contributed by atoms with Crippen molar-refractivity contribution in [2.24, 2.45) is 0 Å². The summed E-state index contributed by atoms with van der Waals surface area (Å²) < 4.78 is 5.07. The maximum absolute atomic E-state index is 10.5. The molecule has 0 spiro atoms. The number of anilines is 1. The number of carboxylic acids is 1. The molecule has 1 rings (SSSR count). The molecule has 0 radical (unpaired) electrons. The van der Waals surface area contributed by atoms with E-state index in [2.05, 4.69) is 0 Å². The first-order chi connectivity index (χ1) is 6.91. The van der Waals surface area contributed by atoms with Crippen molar-refractivity contribution in [2.45, 2.75) is 13.0 Å². The first-order valence-electron chi connectivity index (χ1n) is 4.05. The Morgan fingerprint density at radius 3 is 2.60 bits per heavy atom. The van der Waals surface area contributed by atoms with Gasteiger partial charge in [-0.1, -0.05) is 23.2 Å². The molecule has 0 fully saturated rings. The van der Waals surface area contributed by atoms with Gasteiger partial charge in [0, 0.05) is 6.07 Å². The van der Waals surface area contributed by atoms with Crippen LogP contribution in [-0.2, 0) is 4.79 Å². The van der Waals surface area contributed by atoms with Crippen LogP contribution in [0.3, 0.4) is 0 Å². The second kappa shape index (κ2) is 4.59. The van der Waals surface area contributed by atoms with Gasteiger partial charge < -0.3 is 15.6 Å². The van der Waals surface area contributed by atoms with E-state index >= 15 is 0 Å². The monoisotopic (exact) mass is 249 g/mol. The van der Waals surface area contributed by atoms with E-state index in [1.807, 2.05) is 0 Å². The molecule has 0 aliphatic heterocycles. The molecule has 1 aromatic rings. The minimum atomic E-state index is -1.08. The minimum absolute atomic E-state index is 0.202. The second-order valence-corrected chi connectivity index (χ2v) is 3.72. The Balaban J connectivity index is 2.95. The molecule has 6 heteroatoms. The highest BCUT2D eigenvalue weighted by Crippen LogP contribution is 2.33. The lowest BCUT2D eigenvalue weighted by molar-refractivity contribution is -0.144. The summed E-state index contributed by atoms with van der Waals surface area (Å²) in [6.45, 7) is 1.39. The van der Waals surface area contributed by atoms with Crippen molar-refractivity contribution >= 4 is 34.9 Å². The van der Waals surface area contributed by atoms with Gasteiger partial charge in [0.15, 0.2) is 6.10 Å². The number of carbonyl (C=O) groups is 1. The van der Waals surface area contributed by atoms with Crippen molar-refractivity contribution in [3.63, 3.8) is 0 Å². The van der Waals surface area contributed by atoms with Gasteiger partial charge in [-0.3, -0.25) is 0 Å². The summed E-state index contributed by atoms with van der Waals surface area (Å²) in [4.78, 5) is 10.5. The van der Waals surface area contributed by atoms with Gasteiger partial charge >= 0.3 is 5.97 Å². The summed E-state index contributed by atoms with van der Waals surface area (Å²) in [5.74, 6) is -0.881. The summed E-state index contributed by atoms with van der Waals surface area (Å²) in [6, 6.07) is 2.80. The Bertz CT molecular complexity index is 395. The van der Waals surface area contributed by atoms with Gasteiger partial charge in [-0.25, -0.2) is 4.79 Å². The lowest BCUT2D eigenvalue weighted by Crippen LogP contribution is -2.23. The zero-order valence-corrected chi connectivity index (χ0v) is 9.34. The van der Waals surface area contributed by atoms with Gasteiger partial charge in [0.25, 0.3) is 0 Å². The average molecular weight is 250 g/mol. The van der Waals surface area contributed by atoms with Crippen molar-refractivity contribution in [3.05, 3.63) is 22.2 Å². The highest BCUT2D eigenvalue weighted by atomic mass is 35.5. The fraction of sp³-hybridized carbons (Fsp3) is 0.222. The molecule has 3 N–H and O–H groups in total. The van der Waals surface area contributed by atoms with E-state index in [-0.39, 0.29) is 16.5 Å². The number of halogens is 2. The Morgan fingerprint density at radius 1 is 1.47 bits per heavy atom. The van der Waals surface area contributed by atoms with Crippen LogP contribution in [-0.4, -0.2) is 17.2 Å². The van der Waals surface area contributed by atoms with E-state index in [1.54, 1.807) is 0 Å². The third kappa shape index (κ3) is 2.91. The third-order valence-corrected chi connectivity index (χ3v) is 2.33. The lowest BCUT2D eigenvalue weighted by atomic mass is 10.3. The number of carboxylic acid groups (broad SMARTS) is 1. The van der Waals surface area contributed by atoms with Gasteiger partial charge in [0.1, 0.15) is 5.75 Å². The fourth-order valence-corrected chi connectivity index (χ4v) is 1.30. The number of nitrogens with two attached hydrogens (primary N) is 1. The van der Waals surface area contributed by atoms with Crippen LogP contribution < -0.4 is 10.5 Å². The first-order valence-corrected chi connectivity index (χ1v) is 4.81. The van der Waals surface area contributed by atoms with Crippen molar-refractivity contribution < 1.29 is 14.6 Å². The second-order valence-electron chi connectivity index (χ2n) is 2.90. The molecule has 82 valence electrons. The normalized spacial score (nSPS) is 12.2. The summed E-state index contributed by atoms with van der Waals surface area (Å²) in [5.41, 5.74) is 5.81. The maximum Gasteiger partial charge on any atom is 0.344 e. The zero-order chi connectivity index (χ0) is 11.6. The van der Waals surface area contributed by atoms with Gasteiger partial charge in [-0.15, -0.1) is 0 Å². The van der Waals surface area contributed by atoms with Crippen molar-refractivity contribution in [3.8, 4) is 5.75 Å². The van der Waals surface area contributed by atoms with Crippen LogP contribution >= 0.6 is 23.2 Å². The maximum atomic E-state index is 10.5. The number of rotatable bonds is 3. The average Bonchev–Trinajstić information content (AvgIpc) is 2.13. The highest BCUT2D eigenvalue weighted by Gasteiger charge is 2.15. The van der Waals surface area contributed by atoms with E-state index in [1.165, 1.54) is 19.1 Å². The van der Waals surface area contributed by atoms with Crippen molar-refractivity contribution in [2.75, 3.05) is 5.73 Å². The first kappa shape index (κ1) is 11.9. The van der Waals surface area contributed by atoms with Gasteiger partial charge in [0.2, 0.25) is 0 Å². The fourth-order valence-electron chi connectivity index (χ4n) is 0.876. The Morgan fingerprint density at radius 2 is 2.07 bits per heavy atom. The zero-order valence-electron chi connectivity index (χ0n) is 7.83. The van der Waals surface area contributed by atoms with Gasteiger partial charge in [0.05, 0.1) is 15.7 Å². The highest BCUT2D eigenvalue weighted by molar-refractivity contribution is 6.37. The number of nitrogen functional groups attached to an aromatic ring is 1. The number of hydrogen-bond donors (Lipinski definition) is 2. The van der Waals surface area contributed by atoms with Crippen LogP contribution in [0, 0.1) is 0 Å². The molecule has 1 unspecified atom stereocenters. The van der Waals surface area contributed by atoms with Crippen LogP contribution in [0.5, 0.6) is 5.75 Å². The molecule has 0 saturated heterocycles. The Kier molecular flexibility index (Phi) is 3.66. The van der Waals surface area contributed by atoms with Crippen LogP contribution in [0.1, 0.15) is 6.92 Å². The SMILES string of the molecule is CC(Oc1cc(N)c(Cl)cc1Cl)C(=O)O. The van der Waals surface area contributed by atoms with Crippen LogP contribution in [0.4, 0.5) is 5.69 Å². The minimum Gasteiger partial charge on any atom is -0.479 e. The predicted octanol–water partition coefficient (Wildman–Crippen LogP) is 2.43. The molecule has 0 bridgehead atoms. The standard InChI is InChI=1S/C9H9Cl2NO3/c1-4(9(13)14)15-8-3-7(12)5(10)2-6(8)11/h2-4H,12H2,1H3,(H,13,14). The van der Waals surface area contributed by atoms with Crippen molar-refractivity contribution in [1.82, 2.24) is 0 Å². The molecule has 0 saturated carbocycles. The summed E-state index contributed by atoms with van der Waals surface area (Å²) in [6.07, 6.45) is -0.997. The molecule has 4 nitrogen and oxygen atoms in total. The molecule has 0 aliphatic carbocycles. The smallest absolute Gasteiger partial charge is 0.344 e. The van der Waals surface area contributed by atoms with Crippen molar-refractivity contribution in [1.29, 1.82) is 0 Å². The molecule has 1 atom stereocenters. The molecule has 15 heavy (non-hydrogen) atoms. The Hall–Kier alpha value is -1.13. The van der Waals surface area contributed by atoms with E-state index in [0.717, 1.165) is 0 Å². The van der Waals surface area contributed by atoms with E-state index < -0.39 is 12.1 Å². The summed E-state index contributed by atoms with van der Waals surface area (Å²) >= 11 is 11.5. The molecule has 0 aliphatic rings. The number of aliphatic carboxylic acids is 1. The topological polar surface area (TPSA) is 72.5 Å². The van der Waals surface area contributed by atoms with E-state index in [0.29, 0.717) is 5.02 Å². The molecular weight excluding hydrogens is 241 g/mol. The summed E-state index contributed by atoms with van der Waals surface area (Å²) in [7, 11) is 0. The predicted molar refractivity (Wildman–Crippen MR) is 58.6 cm³/mol. The lowest BCUT2D eigenvalue weighted by Gasteiger charge is -2.12. The molecule has 1 aromatic carbocycles. The molecule has 0 aromatic heterocycles. The van der Waals surface area contributed by atoms with Gasteiger partial charge in [-0.05, 0) is 13.0 Å². The quantitative estimate of drug-likeness (QED) is 0.808. The third-order valence-electron chi connectivity index (χ3n) is 1.70. The number of ether oxygens (including phenoxy) is 1. The number of hydrogen-bond acceptors (Lipinski definition) is 3. The summed E-state index contributed by atoms with van der Waals surface area (Å²) in [5, 5.41) is 9.16. The largest absolute Gasteiger partial charge is 0.479 e. The van der Waals surface area contributed by atoms with E-state index in [4.69, 9.17) is 38.8 Å². The van der Waals surface area contributed by atoms with Crippen LogP contribution in [0.25, 0.3) is 0 Å². The molecular formula is C9H9Cl2NO3. The van der Waals surface area contributed by atoms with Gasteiger partial charge in [-0.2, -0.15) is 0 Å². The van der Waals surface area contributed by atoms with Crippen LogP contribution in [0.2, 0.25) is 10.0 Å². The van der Waals surface area contributed by atoms with Crippen LogP contribution in [0.15, 0.2) is 12.1 Å². The number of benzene rings is 1. The van der Waals surface area contributed by atoms with E-state index in [9.17, 15) is 4.79 Å². The Labute approximate surface area is 96.5 Å².